The molecule has 1 nitrogen and oxygen atoms in total. The highest BCUT2D eigenvalue weighted by molar-refractivity contribution is 5.21. The van der Waals surface area contributed by atoms with Crippen molar-refractivity contribution < 1.29 is 13.9 Å². The molecular weight excluding hydrogens is 234 g/mol. The molecule has 1 atom stereocenters. The van der Waals surface area contributed by atoms with E-state index in [9.17, 15) is 13.9 Å². The minimum absolute atomic E-state index is 0.0594. The van der Waals surface area contributed by atoms with Gasteiger partial charge in [-0.1, -0.05) is 26.2 Å². The summed E-state index contributed by atoms with van der Waals surface area (Å²) in [5.74, 6) is -0.218. The van der Waals surface area contributed by atoms with Gasteiger partial charge in [0.2, 0.25) is 0 Å². The van der Waals surface area contributed by atoms with Crippen LogP contribution in [0.1, 0.15) is 50.7 Å². The van der Waals surface area contributed by atoms with E-state index in [-0.39, 0.29) is 11.5 Å². The van der Waals surface area contributed by atoms with Crippen LogP contribution in [0, 0.1) is 23.5 Å². The molecular formula is C15H20F2O. The maximum Gasteiger partial charge on any atom is 0.129 e. The fourth-order valence-electron chi connectivity index (χ4n) is 2.91. The van der Waals surface area contributed by atoms with Crippen molar-refractivity contribution in [3.05, 3.63) is 35.4 Å². The minimum Gasteiger partial charge on any atom is -0.388 e. The fraction of sp³-hybridized carbons (Fsp3) is 0.600. The normalized spacial score (nSPS) is 26.0. The van der Waals surface area contributed by atoms with Gasteiger partial charge in [0.1, 0.15) is 11.6 Å². The zero-order valence-corrected chi connectivity index (χ0v) is 10.7. The lowest BCUT2D eigenvalue weighted by Crippen LogP contribution is -2.21. The summed E-state index contributed by atoms with van der Waals surface area (Å²) in [5, 5.41) is 10.2. The van der Waals surface area contributed by atoms with E-state index in [0.717, 1.165) is 56.2 Å². The highest BCUT2D eigenvalue weighted by atomic mass is 19.1. The van der Waals surface area contributed by atoms with Gasteiger partial charge in [0.05, 0.1) is 6.10 Å². The van der Waals surface area contributed by atoms with Gasteiger partial charge in [-0.2, -0.15) is 0 Å². The van der Waals surface area contributed by atoms with E-state index >= 15 is 0 Å². The van der Waals surface area contributed by atoms with Crippen molar-refractivity contribution >= 4 is 0 Å². The van der Waals surface area contributed by atoms with Crippen molar-refractivity contribution in [2.45, 2.75) is 45.1 Å². The van der Waals surface area contributed by atoms with Crippen LogP contribution >= 0.6 is 0 Å². The highest BCUT2D eigenvalue weighted by Crippen LogP contribution is 2.38. The second-order valence-electron chi connectivity index (χ2n) is 5.30. The molecule has 18 heavy (non-hydrogen) atoms. The average Bonchev–Trinajstić information content (AvgIpc) is 2.41. The third-order valence-electron chi connectivity index (χ3n) is 4.19. The SMILES string of the molecule is CCC1CCC(C(O)c2cc(F)ccc2F)CC1. The molecule has 0 heterocycles. The first kappa shape index (κ1) is 13.5. The van der Waals surface area contributed by atoms with Gasteiger partial charge in [0.15, 0.2) is 0 Å². The molecule has 0 radical (unpaired) electrons. The Morgan fingerprint density at radius 3 is 2.50 bits per heavy atom. The number of rotatable bonds is 3. The average molecular weight is 254 g/mol. The summed E-state index contributed by atoms with van der Waals surface area (Å²) < 4.78 is 26.7. The second-order valence-corrected chi connectivity index (χ2v) is 5.30. The molecule has 1 aliphatic rings. The standard InChI is InChI=1S/C15H20F2O/c1-2-10-3-5-11(6-4-10)15(18)13-9-12(16)7-8-14(13)17/h7-11,15,18H,2-6H2,1H3. The van der Waals surface area contributed by atoms with Gasteiger partial charge in [-0.15, -0.1) is 0 Å². The molecule has 1 saturated carbocycles. The van der Waals surface area contributed by atoms with Crippen LogP contribution in [0.15, 0.2) is 18.2 Å². The van der Waals surface area contributed by atoms with Gasteiger partial charge in [0.25, 0.3) is 0 Å². The number of benzene rings is 1. The molecule has 0 saturated heterocycles. The smallest absolute Gasteiger partial charge is 0.129 e. The summed E-state index contributed by atoms with van der Waals surface area (Å²) >= 11 is 0. The Morgan fingerprint density at radius 2 is 1.89 bits per heavy atom. The maximum atomic E-state index is 13.6. The molecule has 0 bridgehead atoms. The Morgan fingerprint density at radius 1 is 1.22 bits per heavy atom. The lowest BCUT2D eigenvalue weighted by molar-refractivity contribution is 0.0698. The van der Waals surface area contributed by atoms with Crippen molar-refractivity contribution in [3.63, 3.8) is 0 Å². The van der Waals surface area contributed by atoms with Crippen molar-refractivity contribution in [3.8, 4) is 0 Å². The van der Waals surface area contributed by atoms with Crippen LogP contribution in [0.4, 0.5) is 8.78 Å². The van der Waals surface area contributed by atoms with Gasteiger partial charge in [-0.05, 0) is 42.9 Å². The maximum absolute atomic E-state index is 13.6. The monoisotopic (exact) mass is 254 g/mol. The first-order chi connectivity index (χ1) is 8.61. The van der Waals surface area contributed by atoms with Crippen LogP contribution in [0.3, 0.4) is 0 Å². The van der Waals surface area contributed by atoms with E-state index in [4.69, 9.17) is 0 Å². The van der Waals surface area contributed by atoms with Crippen molar-refractivity contribution in [1.82, 2.24) is 0 Å². The van der Waals surface area contributed by atoms with E-state index in [1.807, 2.05) is 0 Å². The molecule has 2 rings (SSSR count). The fourth-order valence-corrected chi connectivity index (χ4v) is 2.91. The highest BCUT2D eigenvalue weighted by Gasteiger charge is 2.28. The van der Waals surface area contributed by atoms with E-state index in [0.29, 0.717) is 0 Å². The molecule has 3 heteroatoms. The number of aliphatic hydroxyl groups excluding tert-OH is 1. The van der Waals surface area contributed by atoms with Crippen LogP contribution in [0.2, 0.25) is 0 Å². The van der Waals surface area contributed by atoms with Crippen molar-refractivity contribution in [2.24, 2.45) is 11.8 Å². The molecule has 0 spiro atoms. The van der Waals surface area contributed by atoms with Gasteiger partial charge < -0.3 is 5.11 Å². The summed E-state index contributed by atoms with van der Waals surface area (Å²) in [7, 11) is 0. The van der Waals surface area contributed by atoms with Gasteiger partial charge in [-0.3, -0.25) is 0 Å². The third kappa shape index (κ3) is 2.89. The van der Waals surface area contributed by atoms with E-state index < -0.39 is 17.7 Å². The number of aliphatic hydroxyl groups is 1. The van der Waals surface area contributed by atoms with Crippen LogP contribution in [-0.4, -0.2) is 5.11 Å². The molecule has 1 aromatic rings. The largest absolute Gasteiger partial charge is 0.388 e. The Bertz CT molecular complexity index is 397. The van der Waals surface area contributed by atoms with Crippen LogP contribution in [0.25, 0.3) is 0 Å². The Hall–Kier alpha value is -0.960. The lowest BCUT2D eigenvalue weighted by atomic mass is 9.77. The summed E-state index contributed by atoms with van der Waals surface area (Å²) in [4.78, 5) is 0. The summed E-state index contributed by atoms with van der Waals surface area (Å²) in [5.41, 5.74) is 0.106. The molecule has 0 aromatic heterocycles. The Kier molecular flexibility index (Phi) is 4.33. The molecule has 1 aliphatic carbocycles. The molecule has 1 unspecified atom stereocenters. The molecule has 1 fully saturated rings. The van der Waals surface area contributed by atoms with E-state index in [2.05, 4.69) is 6.92 Å². The predicted octanol–water partition coefficient (Wildman–Crippen LogP) is 4.21. The first-order valence-corrected chi connectivity index (χ1v) is 6.74. The Labute approximate surface area is 107 Å². The first-order valence-electron chi connectivity index (χ1n) is 6.74. The van der Waals surface area contributed by atoms with Crippen LogP contribution < -0.4 is 0 Å². The summed E-state index contributed by atoms with van der Waals surface area (Å²) in [6.07, 6.45) is 4.24. The van der Waals surface area contributed by atoms with Crippen LogP contribution in [-0.2, 0) is 0 Å². The summed E-state index contributed by atoms with van der Waals surface area (Å²) in [6.45, 7) is 2.17. The predicted molar refractivity (Wildman–Crippen MR) is 67.1 cm³/mol. The van der Waals surface area contributed by atoms with Gasteiger partial charge in [0, 0.05) is 5.56 Å². The topological polar surface area (TPSA) is 20.2 Å². The zero-order chi connectivity index (χ0) is 13.1. The molecule has 100 valence electrons. The zero-order valence-electron chi connectivity index (χ0n) is 10.7. The van der Waals surface area contributed by atoms with Gasteiger partial charge in [-0.25, -0.2) is 8.78 Å². The molecule has 0 amide bonds. The third-order valence-corrected chi connectivity index (χ3v) is 4.19. The minimum atomic E-state index is -0.876. The number of halogens is 2. The van der Waals surface area contributed by atoms with Crippen molar-refractivity contribution in [2.75, 3.05) is 0 Å². The molecule has 1 N–H and O–H groups in total. The van der Waals surface area contributed by atoms with E-state index in [1.165, 1.54) is 0 Å². The molecule has 1 aromatic carbocycles. The lowest BCUT2D eigenvalue weighted by Gasteiger charge is -2.31. The second kappa shape index (κ2) is 5.79. The van der Waals surface area contributed by atoms with Crippen molar-refractivity contribution in [1.29, 1.82) is 0 Å². The van der Waals surface area contributed by atoms with E-state index in [1.54, 1.807) is 0 Å². The van der Waals surface area contributed by atoms with Gasteiger partial charge >= 0.3 is 0 Å². The number of hydrogen-bond acceptors (Lipinski definition) is 1. The Balaban J connectivity index is 2.07. The number of hydrogen-bond donors (Lipinski definition) is 1. The quantitative estimate of drug-likeness (QED) is 0.856. The van der Waals surface area contributed by atoms with Crippen LogP contribution in [0.5, 0.6) is 0 Å². The molecule has 0 aliphatic heterocycles. The summed E-state index contributed by atoms with van der Waals surface area (Å²) in [6, 6.07) is 3.29.